The normalized spacial score (nSPS) is 12.6. The van der Waals surface area contributed by atoms with E-state index in [2.05, 4.69) is 10.1 Å². The second-order valence-electron chi connectivity index (χ2n) is 7.00. The fraction of sp³-hybridized carbons (Fsp3) is 0.200. The lowest BCUT2D eigenvalue weighted by Gasteiger charge is -2.12. The molecule has 2 heterocycles. The van der Waals surface area contributed by atoms with E-state index in [1.165, 1.54) is 29.7 Å². The number of anilines is 1. The van der Waals surface area contributed by atoms with Crippen molar-refractivity contribution >= 4 is 16.6 Å². The summed E-state index contributed by atoms with van der Waals surface area (Å²) in [5.41, 5.74) is 2.42. The van der Waals surface area contributed by atoms with Crippen molar-refractivity contribution in [3.8, 4) is 11.5 Å². The fourth-order valence-corrected chi connectivity index (χ4v) is 3.45. The first kappa shape index (κ1) is 21.7. The summed E-state index contributed by atoms with van der Waals surface area (Å²) in [6.45, 7) is 0.995. The molecule has 0 saturated heterocycles. The lowest BCUT2D eigenvalue weighted by molar-refractivity contribution is -0.137. The Balaban J connectivity index is 1.75. The van der Waals surface area contributed by atoms with Gasteiger partial charge in [-0.15, -0.1) is 0 Å². The minimum absolute atomic E-state index is 0.00553. The molecule has 5 nitrogen and oxygen atoms in total. The Bertz CT molecular complexity index is 1320. The zero-order chi connectivity index (χ0) is 23.4. The van der Waals surface area contributed by atoms with Crippen molar-refractivity contribution in [3.05, 3.63) is 64.9 Å². The molecule has 0 unspecified atom stereocenters. The van der Waals surface area contributed by atoms with Gasteiger partial charge < -0.3 is 14.8 Å². The number of nitrogens with zero attached hydrogens (tertiary/aromatic N) is 3. The van der Waals surface area contributed by atoms with Crippen molar-refractivity contribution in [1.29, 1.82) is 0 Å². The maximum Gasteiger partial charge on any atom is 0.419 e. The average Bonchev–Trinajstić information content (AvgIpc) is 3.26. The lowest BCUT2D eigenvalue weighted by atomic mass is 10.1. The van der Waals surface area contributed by atoms with E-state index < -0.39 is 40.4 Å². The van der Waals surface area contributed by atoms with E-state index in [1.807, 2.05) is 0 Å². The van der Waals surface area contributed by atoms with Gasteiger partial charge in [0.1, 0.15) is 0 Å². The van der Waals surface area contributed by atoms with Crippen LogP contribution in [0.5, 0.6) is 0 Å². The highest BCUT2D eigenvalue weighted by atomic mass is 19.4. The number of rotatable bonds is 3. The maximum absolute atomic E-state index is 14.8. The first-order valence-corrected chi connectivity index (χ1v) is 9.02. The van der Waals surface area contributed by atoms with Crippen LogP contribution >= 0.6 is 0 Å². The van der Waals surface area contributed by atoms with Gasteiger partial charge in [0.15, 0.2) is 11.6 Å². The summed E-state index contributed by atoms with van der Waals surface area (Å²) >= 11 is 0. The molecule has 32 heavy (non-hydrogen) atoms. The highest BCUT2D eigenvalue weighted by molar-refractivity contribution is 5.90. The summed E-state index contributed by atoms with van der Waals surface area (Å²) in [6.07, 6.45) is -9.46. The molecule has 0 atom stereocenters. The molecule has 0 aliphatic rings. The van der Waals surface area contributed by atoms with E-state index in [4.69, 9.17) is 10.3 Å². The van der Waals surface area contributed by atoms with Gasteiger partial charge in [0, 0.05) is 11.3 Å². The monoisotopic (exact) mass is 458 g/mol. The van der Waals surface area contributed by atoms with Crippen molar-refractivity contribution in [2.45, 2.75) is 25.8 Å². The van der Waals surface area contributed by atoms with Crippen LogP contribution in [0, 0.1) is 12.7 Å². The summed E-state index contributed by atoms with van der Waals surface area (Å²) in [7, 11) is 0. The predicted molar refractivity (Wildman–Crippen MR) is 99.9 cm³/mol. The smallest absolute Gasteiger partial charge is 0.398 e. The molecule has 168 valence electrons. The Hall–Kier alpha value is -3.57. The molecular weight excluding hydrogens is 445 g/mol. The van der Waals surface area contributed by atoms with E-state index in [0.717, 1.165) is 18.2 Å². The van der Waals surface area contributed by atoms with Gasteiger partial charge in [0.2, 0.25) is 0 Å². The Morgan fingerprint density at radius 2 is 1.75 bits per heavy atom. The SMILES string of the molecule is Cc1c(F)c2c(C(F)(F)F)c(N)ccc2n1Cc1noc(-c2cccc(C(F)(F)F)c2)n1. The van der Waals surface area contributed by atoms with Gasteiger partial charge in [0.05, 0.1) is 34.3 Å². The number of halogens is 7. The van der Waals surface area contributed by atoms with Crippen LogP contribution < -0.4 is 5.73 Å². The summed E-state index contributed by atoms with van der Waals surface area (Å²) in [5.74, 6) is -1.38. The van der Waals surface area contributed by atoms with Gasteiger partial charge in [-0.2, -0.15) is 31.3 Å². The number of benzene rings is 2. The third kappa shape index (κ3) is 3.65. The topological polar surface area (TPSA) is 69.9 Å². The Morgan fingerprint density at radius 1 is 1.03 bits per heavy atom. The molecule has 4 rings (SSSR count). The standard InChI is InChI=1S/C20H13F7N4O/c1-9-17(21)15-13(6-5-12(28)16(15)20(25,26)27)31(9)8-14-29-18(32-30-14)10-3-2-4-11(7-10)19(22,23)24/h2-7H,8,28H2,1H3. The first-order chi connectivity index (χ1) is 14.9. The minimum Gasteiger partial charge on any atom is -0.398 e. The van der Waals surface area contributed by atoms with Crippen LogP contribution in [0.3, 0.4) is 0 Å². The minimum atomic E-state index is -4.88. The molecule has 2 N–H and O–H groups in total. The van der Waals surface area contributed by atoms with E-state index >= 15 is 0 Å². The van der Waals surface area contributed by atoms with Gasteiger partial charge in [-0.05, 0) is 37.3 Å². The number of fused-ring (bicyclic) bond motifs is 1. The highest BCUT2D eigenvalue weighted by Crippen LogP contribution is 2.41. The van der Waals surface area contributed by atoms with Crippen molar-refractivity contribution in [1.82, 2.24) is 14.7 Å². The van der Waals surface area contributed by atoms with Crippen LogP contribution in [-0.2, 0) is 18.9 Å². The van der Waals surface area contributed by atoms with Crippen LogP contribution in [0.15, 0.2) is 40.9 Å². The lowest BCUT2D eigenvalue weighted by Crippen LogP contribution is -2.10. The van der Waals surface area contributed by atoms with Crippen molar-refractivity contribution in [2.75, 3.05) is 5.73 Å². The second kappa shape index (κ2) is 7.24. The molecule has 0 bridgehead atoms. The summed E-state index contributed by atoms with van der Waals surface area (Å²) in [5, 5.41) is 2.98. The number of alkyl halides is 6. The zero-order valence-electron chi connectivity index (χ0n) is 16.1. The van der Waals surface area contributed by atoms with Crippen molar-refractivity contribution < 1.29 is 35.3 Å². The predicted octanol–water partition coefficient (Wildman–Crippen LogP) is 5.81. The van der Waals surface area contributed by atoms with Crippen LogP contribution in [0.4, 0.5) is 36.4 Å². The fourth-order valence-electron chi connectivity index (χ4n) is 3.45. The van der Waals surface area contributed by atoms with Crippen molar-refractivity contribution in [3.63, 3.8) is 0 Å². The quantitative estimate of drug-likeness (QED) is 0.311. The molecule has 0 saturated carbocycles. The average molecular weight is 458 g/mol. The van der Waals surface area contributed by atoms with Gasteiger partial charge in [-0.25, -0.2) is 4.39 Å². The number of aromatic nitrogens is 3. The summed E-state index contributed by atoms with van der Waals surface area (Å²) in [4.78, 5) is 4.01. The molecule has 0 spiro atoms. The Labute approximate surface area is 175 Å². The second-order valence-corrected chi connectivity index (χ2v) is 7.00. The molecule has 2 aromatic carbocycles. The Kier molecular flexibility index (Phi) is 4.90. The van der Waals surface area contributed by atoms with E-state index in [9.17, 15) is 30.7 Å². The molecule has 4 aromatic rings. The molecule has 0 aliphatic carbocycles. The van der Waals surface area contributed by atoms with Gasteiger partial charge in [-0.1, -0.05) is 11.2 Å². The molecule has 0 amide bonds. The van der Waals surface area contributed by atoms with Gasteiger partial charge in [0.25, 0.3) is 5.89 Å². The third-order valence-electron chi connectivity index (χ3n) is 4.94. The van der Waals surface area contributed by atoms with Gasteiger partial charge >= 0.3 is 12.4 Å². The summed E-state index contributed by atoms with van der Waals surface area (Å²) in [6, 6.07) is 6.47. The molecular formula is C20H13F7N4O. The van der Waals surface area contributed by atoms with Crippen LogP contribution in [0.2, 0.25) is 0 Å². The van der Waals surface area contributed by atoms with Crippen LogP contribution in [0.25, 0.3) is 22.4 Å². The van der Waals surface area contributed by atoms with Crippen LogP contribution in [-0.4, -0.2) is 14.7 Å². The summed E-state index contributed by atoms with van der Waals surface area (Å²) < 4.78 is 100. The van der Waals surface area contributed by atoms with Gasteiger partial charge in [-0.3, -0.25) is 0 Å². The Morgan fingerprint density at radius 3 is 2.41 bits per heavy atom. The molecule has 0 radical (unpaired) electrons. The molecule has 12 heteroatoms. The number of hydrogen-bond acceptors (Lipinski definition) is 4. The van der Waals surface area contributed by atoms with Crippen LogP contribution in [0.1, 0.15) is 22.6 Å². The zero-order valence-corrected chi connectivity index (χ0v) is 16.1. The van der Waals surface area contributed by atoms with E-state index in [0.29, 0.717) is 0 Å². The number of nitrogen functional groups attached to an aromatic ring is 1. The van der Waals surface area contributed by atoms with E-state index in [-0.39, 0.29) is 35.0 Å². The number of nitrogens with two attached hydrogens (primary N) is 1. The van der Waals surface area contributed by atoms with Crippen molar-refractivity contribution in [2.24, 2.45) is 0 Å². The first-order valence-electron chi connectivity index (χ1n) is 9.02. The molecule has 2 aromatic heterocycles. The third-order valence-corrected chi connectivity index (χ3v) is 4.94. The molecule has 0 fully saturated rings. The van der Waals surface area contributed by atoms with E-state index in [1.54, 1.807) is 0 Å². The maximum atomic E-state index is 14.8. The highest BCUT2D eigenvalue weighted by Gasteiger charge is 2.38. The largest absolute Gasteiger partial charge is 0.419 e. The number of hydrogen-bond donors (Lipinski definition) is 1. The molecule has 0 aliphatic heterocycles.